The summed E-state index contributed by atoms with van der Waals surface area (Å²) in [6.45, 7) is 7.24. The Hall–Kier alpha value is -1.97. The first-order valence-electron chi connectivity index (χ1n) is 11.0. The number of hydrogen-bond donors (Lipinski definition) is 0. The maximum atomic E-state index is 12.2. The van der Waals surface area contributed by atoms with Gasteiger partial charge in [-0.25, -0.2) is 0 Å². The number of rotatable bonds is 6. The number of ketones is 1. The molecule has 28 heavy (non-hydrogen) atoms. The molecule has 2 fully saturated rings. The molecule has 1 saturated heterocycles. The van der Waals surface area contributed by atoms with Crippen molar-refractivity contribution in [2.45, 2.75) is 38.6 Å². The van der Waals surface area contributed by atoms with E-state index in [-0.39, 0.29) is 0 Å². The number of carbonyl (C=O) groups excluding carboxylic acids is 1. The molecule has 0 atom stereocenters. The van der Waals surface area contributed by atoms with Crippen molar-refractivity contribution in [3.05, 3.63) is 59.2 Å². The summed E-state index contributed by atoms with van der Waals surface area (Å²) in [4.78, 5) is 17.4. The van der Waals surface area contributed by atoms with E-state index in [0.29, 0.717) is 11.7 Å². The second-order valence-electron chi connectivity index (χ2n) is 8.77. The minimum Gasteiger partial charge on any atom is -0.302 e. The molecule has 0 bridgehead atoms. The van der Waals surface area contributed by atoms with Gasteiger partial charge in [0.2, 0.25) is 0 Å². The highest BCUT2D eigenvalue weighted by Crippen LogP contribution is 2.33. The summed E-state index contributed by atoms with van der Waals surface area (Å²) in [5.41, 5.74) is 6.34. The first kappa shape index (κ1) is 18.1. The van der Waals surface area contributed by atoms with Crippen molar-refractivity contribution in [1.82, 2.24) is 9.80 Å². The number of likely N-dealkylation sites (tertiary alicyclic amines) is 1. The average molecular weight is 375 g/mol. The molecule has 0 spiro atoms. The maximum absolute atomic E-state index is 12.2. The normalized spacial score (nSPS) is 20.3. The van der Waals surface area contributed by atoms with Gasteiger partial charge in [0.1, 0.15) is 0 Å². The van der Waals surface area contributed by atoms with Crippen molar-refractivity contribution in [1.29, 1.82) is 0 Å². The molecule has 5 rings (SSSR count). The van der Waals surface area contributed by atoms with E-state index in [1.165, 1.54) is 67.8 Å². The Morgan fingerprint density at radius 2 is 1.54 bits per heavy atom. The Balaban J connectivity index is 1.24. The third kappa shape index (κ3) is 3.92. The van der Waals surface area contributed by atoms with Crippen LogP contribution in [0.3, 0.4) is 0 Å². The summed E-state index contributed by atoms with van der Waals surface area (Å²) < 4.78 is 0. The fraction of sp³-hybridized carbons (Fsp3) is 0.480. The lowest BCUT2D eigenvalue weighted by Gasteiger charge is -2.30. The van der Waals surface area contributed by atoms with E-state index in [9.17, 15) is 4.79 Å². The zero-order valence-electron chi connectivity index (χ0n) is 16.7. The van der Waals surface area contributed by atoms with Crippen LogP contribution in [0.15, 0.2) is 42.5 Å². The van der Waals surface area contributed by atoms with E-state index in [1.807, 2.05) is 12.1 Å². The molecular formula is C25H30N2O. The van der Waals surface area contributed by atoms with Crippen molar-refractivity contribution in [2.75, 3.05) is 32.7 Å². The van der Waals surface area contributed by atoms with Gasteiger partial charge in [-0.05, 0) is 67.4 Å². The SMILES string of the molecule is O=C(c1ccc(-c2ccc3c(c2)CCN(CCN2CCCC2)C3)cc1)C1CC1. The molecule has 0 amide bonds. The molecule has 0 unspecified atom stereocenters. The van der Waals surface area contributed by atoms with Crippen LogP contribution >= 0.6 is 0 Å². The average Bonchev–Trinajstić information content (AvgIpc) is 3.47. The van der Waals surface area contributed by atoms with Crippen molar-refractivity contribution < 1.29 is 4.79 Å². The Morgan fingerprint density at radius 1 is 0.821 bits per heavy atom. The van der Waals surface area contributed by atoms with Gasteiger partial charge in [0, 0.05) is 37.7 Å². The van der Waals surface area contributed by atoms with Crippen LogP contribution in [0.25, 0.3) is 11.1 Å². The number of nitrogens with zero attached hydrogens (tertiary/aromatic N) is 2. The van der Waals surface area contributed by atoms with Crippen molar-refractivity contribution in [2.24, 2.45) is 5.92 Å². The lowest BCUT2D eigenvalue weighted by Crippen LogP contribution is -2.37. The largest absolute Gasteiger partial charge is 0.302 e. The van der Waals surface area contributed by atoms with E-state index in [2.05, 4.69) is 40.1 Å². The highest BCUT2D eigenvalue weighted by molar-refractivity contribution is 5.99. The monoisotopic (exact) mass is 374 g/mol. The Labute approximate surface area is 168 Å². The number of fused-ring (bicyclic) bond motifs is 1. The smallest absolute Gasteiger partial charge is 0.165 e. The van der Waals surface area contributed by atoms with Crippen LogP contribution in [-0.2, 0) is 13.0 Å². The van der Waals surface area contributed by atoms with Crippen LogP contribution in [0.2, 0.25) is 0 Å². The van der Waals surface area contributed by atoms with Gasteiger partial charge in [0.15, 0.2) is 5.78 Å². The molecular weight excluding hydrogens is 344 g/mol. The lowest BCUT2D eigenvalue weighted by atomic mass is 9.94. The Morgan fingerprint density at radius 3 is 2.29 bits per heavy atom. The van der Waals surface area contributed by atoms with Crippen LogP contribution in [0.4, 0.5) is 0 Å². The summed E-state index contributed by atoms with van der Waals surface area (Å²) >= 11 is 0. The van der Waals surface area contributed by atoms with Crippen LogP contribution in [-0.4, -0.2) is 48.3 Å². The van der Waals surface area contributed by atoms with Crippen LogP contribution in [0, 0.1) is 5.92 Å². The molecule has 146 valence electrons. The van der Waals surface area contributed by atoms with Gasteiger partial charge in [-0.2, -0.15) is 0 Å². The Bertz CT molecular complexity index is 847. The lowest BCUT2D eigenvalue weighted by molar-refractivity contribution is 0.0967. The van der Waals surface area contributed by atoms with Gasteiger partial charge < -0.3 is 4.90 Å². The van der Waals surface area contributed by atoms with Gasteiger partial charge >= 0.3 is 0 Å². The second kappa shape index (κ2) is 7.81. The summed E-state index contributed by atoms with van der Waals surface area (Å²) in [5, 5.41) is 0. The quantitative estimate of drug-likeness (QED) is 0.700. The third-order valence-corrected chi connectivity index (χ3v) is 6.68. The van der Waals surface area contributed by atoms with Crippen molar-refractivity contribution in [3.8, 4) is 11.1 Å². The van der Waals surface area contributed by atoms with E-state index in [4.69, 9.17) is 0 Å². The van der Waals surface area contributed by atoms with Crippen molar-refractivity contribution >= 4 is 5.78 Å². The number of benzene rings is 2. The van der Waals surface area contributed by atoms with Crippen molar-refractivity contribution in [3.63, 3.8) is 0 Å². The van der Waals surface area contributed by atoms with Gasteiger partial charge in [-0.1, -0.05) is 42.5 Å². The number of hydrogen-bond acceptors (Lipinski definition) is 3. The highest BCUT2D eigenvalue weighted by Gasteiger charge is 2.30. The standard InChI is InChI=1S/C25H30N2O/c28-25(21-7-8-21)20-5-3-19(4-6-20)22-9-10-24-18-27(14-11-23(24)17-22)16-15-26-12-1-2-13-26/h3-6,9-10,17,21H,1-2,7-8,11-16,18H2. The maximum Gasteiger partial charge on any atom is 0.165 e. The molecule has 3 aliphatic rings. The second-order valence-corrected chi connectivity index (χ2v) is 8.77. The van der Waals surface area contributed by atoms with Crippen LogP contribution < -0.4 is 0 Å². The fourth-order valence-electron chi connectivity index (χ4n) is 4.68. The van der Waals surface area contributed by atoms with Gasteiger partial charge in [-0.3, -0.25) is 9.69 Å². The molecule has 2 aliphatic heterocycles. The molecule has 3 heteroatoms. The van der Waals surface area contributed by atoms with Crippen LogP contribution in [0.5, 0.6) is 0 Å². The predicted molar refractivity (Wildman–Crippen MR) is 114 cm³/mol. The van der Waals surface area contributed by atoms with Crippen LogP contribution in [0.1, 0.15) is 47.2 Å². The summed E-state index contributed by atoms with van der Waals surface area (Å²) in [6.07, 6.45) is 6.03. The third-order valence-electron chi connectivity index (χ3n) is 6.68. The molecule has 1 aliphatic carbocycles. The van der Waals surface area contributed by atoms with Gasteiger partial charge in [0.25, 0.3) is 0 Å². The molecule has 3 nitrogen and oxygen atoms in total. The zero-order valence-corrected chi connectivity index (χ0v) is 16.7. The summed E-state index contributed by atoms with van der Waals surface area (Å²) in [7, 11) is 0. The fourth-order valence-corrected chi connectivity index (χ4v) is 4.68. The van der Waals surface area contributed by atoms with Gasteiger partial charge in [0.05, 0.1) is 0 Å². The molecule has 0 N–H and O–H groups in total. The summed E-state index contributed by atoms with van der Waals surface area (Å²) in [5.74, 6) is 0.619. The Kier molecular flexibility index (Phi) is 5.04. The minimum absolute atomic E-state index is 0.294. The molecule has 0 radical (unpaired) electrons. The van der Waals surface area contributed by atoms with Gasteiger partial charge in [-0.15, -0.1) is 0 Å². The van der Waals surface area contributed by atoms with E-state index >= 15 is 0 Å². The van der Waals surface area contributed by atoms with E-state index in [0.717, 1.165) is 31.4 Å². The van der Waals surface area contributed by atoms with E-state index < -0.39 is 0 Å². The topological polar surface area (TPSA) is 23.6 Å². The first-order valence-corrected chi connectivity index (χ1v) is 11.0. The minimum atomic E-state index is 0.294. The molecule has 2 heterocycles. The highest BCUT2D eigenvalue weighted by atomic mass is 16.1. The number of Topliss-reactive ketones (excluding diaryl/α,β-unsaturated/α-hetero) is 1. The predicted octanol–water partition coefficient (Wildman–Crippen LogP) is 4.40. The molecule has 2 aromatic rings. The molecule has 0 aromatic heterocycles. The molecule has 1 saturated carbocycles. The first-order chi connectivity index (χ1) is 13.8. The zero-order chi connectivity index (χ0) is 18.9. The summed E-state index contributed by atoms with van der Waals surface area (Å²) in [6, 6.07) is 15.2. The molecule has 2 aromatic carbocycles. The number of carbonyl (C=O) groups is 1. The van der Waals surface area contributed by atoms with E-state index in [1.54, 1.807) is 0 Å².